The first kappa shape index (κ1) is 12.8. The van der Waals surface area contributed by atoms with Crippen LogP contribution >= 0.6 is 0 Å². The zero-order valence-electron chi connectivity index (χ0n) is 10.6. The molecule has 0 spiro atoms. The monoisotopic (exact) mass is 224 g/mol. The van der Waals surface area contributed by atoms with E-state index >= 15 is 0 Å². The molecule has 0 saturated heterocycles. The first-order chi connectivity index (χ1) is 7.19. The van der Waals surface area contributed by atoms with Gasteiger partial charge in [-0.3, -0.25) is 4.90 Å². The Morgan fingerprint density at radius 3 is 2.50 bits per heavy atom. The fourth-order valence-corrected chi connectivity index (χ4v) is 1.76. The van der Waals surface area contributed by atoms with Crippen molar-refractivity contribution in [3.8, 4) is 0 Å². The van der Waals surface area contributed by atoms with Gasteiger partial charge < -0.3 is 10.1 Å². The average molecular weight is 224 g/mol. The molecule has 4 heteroatoms. The topological polar surface area (TPSA) is 41.6 Å². The van der Waals surface area contributed by atoms with Gasteiger partial charge in [0.25, 0.3) is 0 Å². The number of nitrogens with zero attached hydrogens (tertiary/aromatic N) is 1. The normalized spacial score (nSPS) is 22.9. The van der Waals surface area contributed by atoms with Crippen LogP contribution in [0.5, 0.6) is 0 Å². The van der Waals surface area contributed by atoms with Gasteiger partial charge in [0.2, 0.25) is 0 Å². The van der Waals surface area contributed by atoms with Crippen LogP contribution in [0.25, 0.3) is 0 Å². The summed E-state index contributed by atoms with van der Waals surface area (Å²) >= 11 is 0. The molecule has 0 atom stereocenters. The molecule has 0 aromatic carbocycles. The van der Waals surface area contributed by atoms with Crippen molar-refractivity contribution in [1.29, 1.82) is 0 Å². The Labute approximate surface area is 97.0 Å². The Hall–Kier alpha value is -1.29. The smallest absolute Gasteiger partial charge is 0.336 e. The van der Waals surface area contributed by atoms with Gasteiger partial charge in [0, 0.05) is 11.6 Å². The quantitative estimate of drug-likeness (QED) is 0.571. The highest BCUT2D eigenvalue weighted by Gasteiger charge is 2.39. The van der Waals surface area contributed by atoms with E-state index in [1.165, 1.54) is 0 Å². The Morgan fingerprint density at radius 2 is 2.06 bits per heavy atom. The molecule has 0 aromatic rings. The third-order valence-corrected chi connectivity index (χ3v) is 2.99. The maximum atomic E-state index is 11.1. The molecule has 0 aromatic heterocycles. The predicted molar refractivity (Wildman–Crippen MR) is 63.4 cm³/mol. The molecule has 1 aliphatic rings. The van der Waals surface area contributed by atoms with Crippen LogP contribution in [0.3, 0.4) is 0 Å². The molecule has 0 amide bonds. The van der Waals surface area contributed by atoms with Crippen LogP contribution in [0, 0.1) is 0 Å². The largest absolute Gasteiger partial charge is 0.407 e. The number of esters is 1. The third kappa shape index (κ3) is 2.44. The van der Waals surface area contributed by atoms with E-state index in [1.54, 1.807) is 0 Å². The number of hydrogen-bond acceptors (Lipinski definition) is 4. The molecular formula is C12H20N2O2. The van der Waals surface area contributed by atoms with Crippen molar-refractivity contribution in [2.45, 2.75) is 38.9 Å². The van der Waals surface area contributed by atoms with Crippen LogP contribution in [0.4, 0.5) is 0 Å². The van der Waals surface area contributed by atoms with Crippen LogP contribution in [0.2, 0.25) is 0 Å². The maximum Gasteiger partial charge on any atom is 0.336 e. The lowest BCUT2D eigenvalue weighted by Crippen LogP contribution is -2.63. The molecule has 16 heavy (non-hydrogen) atoms. The van der Waals surface area contributed by atoms with Crippen LogP contribution in [0.1, 0.15) is 27.7 Å². The lowest BCUT2D eigenvalue weighted by Gasteiger charge is -2.49. The van der Waals surface area contributed by atoms with E-state index in [1.807, 2.05) is 27.0 Å². The van der Waals surface area contributed by atoms with Crippen molar-refractivity contribution < 1.29 is 9.53 Å². The molecular weight excluding hydrogens is 204 g/mol. The second-order valence-corrected chi connectivity index (χ2v) is 5.03. The van der Waals surface area contributed by atoms with Gasteiger partial charge in [0.15, 0.2) is 5.88 Å². The Balaban J connectivity index is 2.96. The van der Waals surface area contributed by atoms with E-state index in [-0.39, 0.29) is 11.2 Å². The SMILES string of the molecule is C=CC(=O)OC1=CC(C)(C)N(C)C(C)(C)N1. The van der Waals surface area contributed by atoms with Crippen LogP contribution in [0.15, 0.2) is 24.6 Å². The molecule has 1 N–H and O–H groups in total. The fraction of sp³-hybridized carbons (Fsp3) is 0.583. The van der Waals surface area contributed by atoms with Gasteiger partial charge in [-0.1, -0.05) is 6.58 Å². The van der Waals surface area contributed by atoms with E-state index in [0.717, 1.165) is 6.08 Å². The summed E-state index contributed by atoms with van der Waals surface area (Å²) in [5.74, 6) is 0.0351. The highest BCUT2D eigenvalue weighted by Crippen LogP contribution is 2.28. The summed E-state index contributed by atoms with van der Waals surface area (Å²) in [6.07, 6.45) is 3.04. The van der Waals surface area contributed by atoms with Gasteiger partial charge in [-0.05, 0) is 40.8 Å². The first-order valence-electron chi connectivity index (χ1n) is 5.28. The molecule has 4 nitrogen and oxygen atoms in total. The summed E-state index contributed by atoms with van der Waals surface area (Å²) < 4.78 is 5.13. The molecule has 0 bridgehead atoms. The number of rotatable bonds is 2. The number of likely N-dealkylation sites (N-methyl/N-ethyl adjacent to an activating group) is 1. The Kier molecular flexibility index (Phi) is 3.15. The zero-order valence-corrected chi connectivity index (χ0v) is 10.6. The van der Waals surface area contributed by atoms with Crippen LogP contribution in [-0.2, 0) is 9.53 Å². The van der Waals surface area contributed by atoms with E-state index in [9.17, 15) is 4.79 Å². The lowest BCUT2D eigenvalue weighted by atomic mass is 9.96. The summed E-state index contributed by atoms with van der Waals surface area (Å²) in [7, 11) is 2.02. The molecule has 1 aliphatic heterocycles. The molecule has 90 valence electrons. The Bertz CT molecular complexity index is 343. The average Bonchev–Trinajstić information content (AvgIpc) is 2.13. The second-order valence-electron chi connectivity index (χ2n) is 5.03. The highest BCUT2D eigenvalue weighted by atomic mass is 16.5. The number of ether oxygens (including phenoxy) is 1. The standard InChI is InChI=1S/C12H20N2O2/c1-7-10(15)16-9-8-11(2,3)14(6)12(4,5)13-9/h7-8,13H,1H2,2-6H3. The molecule has 0 fully saturated rings. The van der Waals surface area contributed by atoms with Crippen molar-refractivity contribution in [1.82, 2.24) is 10.2 Å². The Morgan fingerprint density at radius 1 is 1.50 bits per heavy atom. The number of hydrogen-bond donors (Lipinski definition) is 1. The van der Waals surface area contributed by atoms with E-state index in [4.69, 9.17) is 4.74 Å². The highest BCUT2D eigenvalue weighted by molar-refractivity contribution is 5.82. The van der Waals surface area contributed by atoms with Gasteiger partial charge >= 0.3 is 5.97 Å². The molecule has 0 aliphatic carbocycles. The van der Waals surface area contributed by atoms with Crippen molar-refractivity contribution in [3.63, 3.8) is 0 Å². The maximum absolute atomic E-state index is 11.1. The van der Waals surface area contributed by atoms with Crippen molar-refractivity contribution in [2.75, 3.05) is 7.05 Å². The second kappa shape index (κ2) is 3.94. The summed E-state index contributed by atoms with van der Waals surface area (Å²) in [5, 5.41) is 3.16. The number of carbonyl (C=O) groups excluding carboxylic acids is 1. The van der Waals surface area contributed by atoms with Gasteiger partial charge in [-0.2, -0.15) is 0 Å². The summed E-state index contributed by atoms with van der Waals surface area (Å²) in [4.78, 5) is 13.3. The van der Waals surface area contributed by atoms with E-state index in [2.05, 4.69) is 30.6 Å². The van der Waals surface area contributed by atoms with Gasteiger partial charge in [0.05, 0.1) is 5.66 Å². The molecule has 0 unspecified atom stereocenters. The summed E-state index contributed by atoms with van der Waals surface area (Å²) in [6, 6.07) is 0. The van der Waals surface area contributed by atoms with Crippen LogP contribution in [-0.4, -0.2) is 29.1 Å². The predicted octanol–water partition coefficient (Wildman–Crippen LogP) is 1.61. The molecule has 1 rings (SSSR count). The van der Waals surface area contributed by atoms with Gasteiger partial charge in [-0.25, -0.2) is 4.79 Å². The van der Waals surface area contributed by atoms with Crippen LogP contribution < -0.4 is 5.32 Å². The van der Waals surface area contributed by atoms with Gasteiger partial charge in [-0.15, -0.1) is 0 Å². The molecule has 0 radical (unpaired) electrons. The van der Waals surface area contributed by atoms with Crippen molar-refractivity contribution >= 4 is 5.97 Å². The minimum atomic E-state index is -0.449. The minimum Gasteiger partial charge on any atom is -0.407 e. The summed E-state index contributed by atoms with van der Waals surface area (Å²) in [6.45, 7) is 11.6. The van der Waals surface area contributed by atoms with Crippen molar-refractivity contribution in [2.24, 2.45) is 0 Å². The number of carbonyl (C=O) groups is 1. The number of nitrogens with one attached hydrogen (secondary N) is 1. The fourth-order valence-electron chi connectivity index (χ4n) is 1.76. The first-order valence-corrected chi connectivity index (χ1v) is 5.28. The van der Waals surface area contributed by atoms with E-state index in [0.29, 0.717) is 5.88 Å². The summed E-state index contributed by atoms with van der Waals surface area (Å²) in [5.41, 5.74) is -0.444. The zero-order chi connectivity index (χ0) is 12.6. The van der Waals surface area contributed by atoms with Crippen molar-refractivity contribution in [3.05, 3.63) is 24.6 Å². The lowest BCUT2D eigenvalue weighted by molar-refractivity contribution is -0.135. The molecule has 1 heterocycles. The van der Waals surface area contributed by atoms with E-state index < -0.39 is 5.97 Å². The van der Waals surface area contributed by atoms with Gasteiger partial charge in [0.1, 0.15) is 0 Å². The minimum absolute atomic E-state index is 0.175. The third-order valence-electron chi connectivity index (χ3n) is 2.99. The molecule has 0 saturated carbocycles.